The van der Waals surface area contributed by atoms with E-state index in [-0.39, 0.29) is 12.0 Å². The van der Waals surface area contributed by atoms with E-state index in [2.05, 4.69) is 5.32 Å². The molecule has 0 saturated heterocycles. The van der Waals surface area contributed by atoms with Crippen LogP contribution < -0.4 is 5.32 Å². The lowest BCUT2D eigenvalue weighted by molar-refractivity contribution is -0.139. The topological polar surface area (TPSA) is 69.6 Å². The minimum atomic E-state index is -0.785. The molecule has 0 aromatic rings. The molecule has 3 N–H and O–H groups in total. The molecule has 0 spiro atoms. The molecule has 0 aliphatic heterocycles. The lowest BCUT2D eigenvalue weighted by Crippen LogP contribution is -2.39. The van der Waals surface area contributed by atoms with E-state index in [1.54, 1.807) is 0 Å². The van der Waals surface area contributed by atoms with E-state index in [0.717, 1.165) is 25.8 Å². The molecule has 1 aliphatic rings. The van der Waals surface area contributed by atoms with Crippen LogP contribution in [-0.4, -0.2) is 35.4 Å². The van der Waals surface area contributed by atoms with Crippen molar-refractivity contribution in [2.75, 3.05) is 13.2 Å². The van der Waals surface area contributed by atoms with E-state index in [1.807, 2.05) is 6.92 Å². The molecule has 14 heavy (non-hydrogen) atoms. The van der Waals surface area contributed by atoms with Gasteiger partial charge in [-0.15, -0.1) is 0 Å². The fraction of sp³-hybridized carbons (Fsp3) is 0.900. The van der Waals surface area contributed by atoms with Crippen molar-refractivity contribution in [1.82, 2.24) is 5.32 Å². The first-order valence-corrected chi connectivity index (χ1v) is 5.20. The third-order valence-corrected chi connectivity index (χ3v) is 3.03. The van der Waals surface area contributed by atoms with Crippen LogP contribution in [0.4, 0.5) is 0 Å². The Bertz CT molecular complexity index is 202. The van der Waals surface area contributed by atoms with E-state index in [1.165, 1.54) is 0 Å². The molecule has 0 bridgehead atoms. The van der Waals surface area contributed by atoms with E-state index >= 15 is 0 Å². The van der Waals surface area contributed by atoms with E-state index in [4.69, 9.17) is 10.2 Å². The molecule has 1 rings (SSSR count). The van der Waals surface area contributed by atoms with Gasteiger partial charge in [0.15, 0.2) is 0 Å². The van der Waals surface area contributed by atoms with Gasteiger partial charge in [0.25, 0.3) is 0 Å². The average molecular weight is 201 g/mol. The Labute approximate surface area is 84.3 Å². The first kappa shape index (κ1) is 11.5. The lowest BCUT2D eigenvalue weighted by atomic mass is 10.0. The minimum Gasteiger partial charge on any atom is -0.480 e. The number of carboxylic acid groups (broad SMARTS) is 1. The second-order valence-corrected chi connectivity index (χ2v) is 4.15. The van der Waals surface area contributed by atoms with Crippen molar-refractivity contribution in [3.05, 3.63) is 0 Å². The summed E-state index contributed by atoms with van der Waals surface area (Å²) in [5.74, 6) is -0.785. The summed E-state index contributed by atoms with van der Waals surface area (Å²) in [5.41, 5.74) is 0.192. The number of nitrogens with one attached hydrogen (secondary N) is 1. The Morgan fingerprint density at radius 1 is 1.57 bits per heavy atom. The number of rotatable bonds is 7. The highest BCUT2D eigenvalue weighted by atomic mass is 16.4. The fourth-order valence-corrected chi connectivity index (χ4v) is 1.68. The number of aliphatic hydroxyl groups excluding tert-OH is 1. The molecular weight excluding hydrogens is 182 g/mol. The van der Waals surface area contributed by atoms with Crippen molar-refractivity contribution in [3.8, 4) is 0 Å². The zero-order valence-corrected chi connectivity index (χ0v) is 8.62. The Balaban J connectivity index is 2.28. The van der Waals surface area contributed by atoms with Gasteiger partial charge in [-0.05, 0) is 31.1 Å². The molecule has 4 nitrogen and oxygen atoms in total. The van der Waals surface area contributed by atoms with E-state index in [0.29, 0.717) is 6.42 Å². The van der Waals surface area contributed by atoms with Gasteiger partial charge in [0.2, 0.25) is 0 Å². The van der Waals surface area contributed by atoms with Gasteiger partial charge >= 0.3 is 5.97 Å². The molecule has 1 unspecified atom stereocenters. The smallest absolute Gasteiger partial charge is 0.320 e. The zero-order chi connectivity index (χ0) is 10.6. The third kappa shape index (κ3) is 2.96. The third-order valence-electron chi connectivity index (χ3n) is 3.03. The standard InChI is InChI=1S/C10H19NO3/c1-2-8(9(13)14)11-7-10(3-4-10)5-6-12/h8,11-12H,2-7H2,1H3,(H,13,14). The SMILES string of the molecule is CCC(NCC1(CCO)CC1)C(=O)O. The van der Waals surface area contributed by atoms with E-state index < -0.39 is 12.0 Å². The monoisotopic (exact) mass is 201 g/mol. The van der Waals surface area contributed by atoms with Gasteiger partial charge in [-0.2, -0.15) is 0 Å². The summed E-state index contributed by atoms with van der Waals surface area (Å²) in [4.78, 5) is 10.7. The van der Waals surface area contributed by atoms with Crippen molar-refractivity contribution < 1.29 is 15.0 Å². The van der Waals surface area contributed by atoms with Crippen molar-refractivity contribution in [1.29, 1.82) is 0 Å². The summed E-state index contributed by atoms with van der Waals surface area (Å²) < 4.78 is 0. The highest BCUT2D eigenvalue weighted by Gasteiger charge is 2.41. The predicted octanol–water partition coefficient (Wildman–Crippen LogP) is 0.602. The molecule has 1 saturated carbocycles. The van der Waals surface area contributed by atoms with Crippen LogP contribution in [0.25, 0.3) is 0 Å². The maximum atomic E-state index is 10.7. The number of aliphatic carboxylic acids is 1. The number of carbonyl (C=O) groups is 1. The molecule has 0 aromatic heterocycles. The van der Waals surface area contributed by atoms with Crippen LogP contribution in [0, 0.1) is 5.41 Å². The van der Waals surface area contributed by atoms with Gasteiger partial charge in [-0.3, -0.25) is 4.79 Å². The van der Waals surface area contributed by atoms with Crippen LogP contribution in [-0.2, 0) is 4.79 Å². The largest absolute Gasteiger partial charge is 0.480 e. The van der Waals surface area contributed by atoms with Gasteiger partial charge in [-0.25, -0.2) is 0 Å². The molecule has 0 heterocycles. The summed E-state index contributed by atoms with van der Waals surface area (Å²) in [6.07, 6.45) is 3.60. The fourth-order valence-electron chi connectivity index (χ4n) is 1.68. The molecule has 4 heteroatoms. The van der Waals surface area contributed by atoms with Crippen molar-refractivity contribution in [3.63, 3.8) is 0 Å². The Morgan fingerprint density at radius 2 is 2.21 bits per heavy atom. The van der Waals surface area contributed by atoms with Crippen LogP contribution in [0.3, 0.4) is 0 Å². The summed E-state index contributed by atoms with van der Waals surface area (Å²) in [6.45, 7) is 2.78. The first-order valence-electron chi connectivity index (χ1n) is 5.20. The second-order valence-electron chi connectivity index (χ2n) is 4.15. The van der Waals surface area contributed by atoms with Gasteiger partial charge in [-0.1, -0.05) is 6.92 Å². The molecule has 1 aliphatic carbocycles. The first-order chi connectivity index (χ1) is 6.63. The second kappa shape index (κ2) is 4.75. The normalized spacial score (nSPS) is 20.4. The zero-order valence-electron chi connectivity index (χ0n) is 8.62. The molecular formula is C10H19NO3. The van der Waals surface area contributed by atoms with Gasteiger partial charge in [0, 0.05) is 13.2 Å². The van der Waals surface area contributed by atoms with Gasteiger partial charge < -0.3 is 15.5 Å². The minimum absolute atomic E-state index is 0.192. The van der Waals surface area contributed by atoms with Crippen LogP contribution in [0.2, 0.25) is 0 Å². The average Bonchev–Trinajstić information content (AvgIpc) is 2.86. The van der Waals surface area contributed by atoms with E-state index in [9.17, 15) is 4.79 Å². The van der Waals surface area contributed by atoms with Crippen molar-refractivity contribution >= 4 is 5.97 Å². The number of hydrogen-bond donors (Lipinski definition) is 3. The van der Waals surface area contributed by atoms with Crippen LogP contribution >= 0.6 is 0 Å². The summed E-state index contributed by atoms with van der Waals surface area (Å²) in [5, 5.41) is 20.7. The Morgan fingerprint density at radius 3 is 2.57 bits per heavy atom. The van der Waals surface area contributed by atoms with Crippen LogP contribution in [0.15, 0.2) is 0 Å². The number of hydrogen-bond acceptors (Lipinski definition) is 3. The molecule has 0 amide bonds. The van der Waals surface area contributed by atoms with Gasteiger partial charge in [0.05, 0.1) is 0 Å². The molecule has 1 atom stereocenters. The Hall–Kier alpha value is -0.610. The predicted molar refractivity (Wildman–Crippen MR) is 53.1 cm³/mol. The molecule has 82 valence electrons. The number of carboxylic acids is 1. The highest BCUT2D eigenvalue weighted by molar-refractivity contribution is 5.73. The van der Waals surface area contributed by atoms with Crippen LogP contribution in [0.5, 0.6) is 0 Å². The van der Waals surface area contributed by atoms with Crippen molar-refractivity contribution in [2.45, 2.75) is 38.6 Å². The van der Waals surface area contributed by atoms with Crippen molar-refractivity contribution in [2.24, 2.45) is 5.41 Å². The molecule has 1 fully saturated rings. The quantitative estimate of drug-likeness (QED) is 0.564. The highest BCUT2D eigenvalue weighted by Crippen LogP contribution is 2.47. The maximum absolute atomic E-state index is 10.7. The Kier molecular flexibility index (Phi) is 3.89. The van der Waals surface area contributed by atoms with Crippen LogP contribution in [0.1, 0.15) is 32.6 Å². The summed E-state index contributed by atoms with van der Waals surface area (Å²) >= 11 is 0. The molecule has 0 radical (unpaired) electrons. The lowest BCUT2D eigenvalue weighted by Gasteiger charge is -2.18. The summed E-state index contributed by atoms with van der Waals surface area (Å²) in [6, 6.07) is -0.439. The van der Waals surface area contributed by atoms with Gasteiger partial charge in [0.1, 0.15) is 6.04 Å². The summed E-state index contributed by atoms with van der Waals surface area (Å²) in [7, 11) is 0. The molecule has 0 aromatic carbocycles. The maximum Gasteiger partial charge on any atom is 0.320 e. The number of aliphatic hydroxyl groups is 1.